The predicted octanol–water partition coefficient (Wildman–Crippen LogP) is 3.36. The topological polar surface area (TPSA) is 61.8 Å². The van der Waals surface area contributed by atoms with Gasteiger partial charge < -0.3 is 14.2 Å². The summed E-state index contributed by atoms with van der Waals surface area (Å²) in [5, 5.41) is 0. The Morgan fingerprint density at radius 1 is 1.13 bits per heavy atom. The summed E-state index contributed by atoms with van der Waals surface area (Å²) < 4.78 is 28.7. The van der Waals surface area contributed by atoms with E-state index in [2.05, 4.69) is 20.7 Å². The van der Waals surface area contributed by atoms with Gasteiger partial charge in [0.05, 0.1) is 12.7 Å². The van der Waals surface area contributed by atoms with Gasteiger partial charge in [0.15, 0.2) is 18.2 Å². The Bertz CT molecular complexity index is 715. The molecule has 0 aromatic heterocycles. The first-order chi connectivity index (χ1) is 11.0. The normalized spacial score (nSPS) is 10.0. The molecule has 0 fully saturated rings. The number of rotatable bonds is 5. The SMILES string of the molecule is COC(=O)c1ccc(OC(=O)COc2ccc(Br)cc2F)cc1. The molecule has 23 heavy (non-hydrogen) atoms. The monoisotopic (exact) mass is 382 g/mol. The van der Waals surface area contributed by atoms with E-state index >= 15 is 0 Å². The summed E-state index contributed by atoms with van der Waals surface area (Å²) in [6.07, 6.45) is 0. The number of benzene rings is 2. The van der Waals surface area contributed by atoms with Crippen molar-refractivity contribution in [1.29, 1.82) is 0 Å². The summed E-state index contributed by atoms with van der Waals surface area (Å²) in [4.78, 5) is 22.9. The fourth-order valence-electron chi connectivity index (χ4n) is 1.67. The molecule has 7 heteroatoms. The number of carbonyl (C=O) groups excluding carboxylic acids is 2. The highest BCUT2D eigenvalue weighted by atomic mass is 79.9. The highest BCUT2D eigenvalue weighted by Gasteiger charge is 2.10. The van der Waals surface area contributed by atoms with Crippen molar-refractivity contribution in [2.24, 2.45) is 0 Å². The third-order valence-electron chi connectivity index (χ3n) is 2.75. The second-order valence-electron chi connectivity index (χ2n) is 4.35. The fraction of sp³-hybridized carbons (Fsp3) is 0.125. The minimum Gasteiger partial charge on any atom is -0.479 e. The van der Waals surface area contributed by atoms with Crippen LogP contribution in [-0.2, 0) is 9.53 Å². The predicted molar refractivity (Wildman–Crippen MR) is 83.0 cm³/mol. The molecule has 0 amide bonds. The van der Waals surface area contributed by atoms with Crippen molar-refractivity contribution < 1.29 is 28.2 Å². The van der Waals surface area contributed by atoms with Crippen molar-refractivity contribution in [2.45, 2.75) is 0 Å². The van der Waals surface area contributed by atoms with Crippen LogP contribution in [0.1, 0.15) is 10.4 Å². The quantitative estimate of drug-likeness (QED) is 0.586. The Labute approximate surface area is 140 Å². The van der Waals surface area contributed by atoms with Crippen molar-refractivity contribution in [2.75, 3.05) is 13.7 Å². The van der Waals surface area contributed by atoms with E-state index < -0.39 is 24.4 Å². The first-order valence-corrected chi connectivity index (χ1v) is 7.26. The number of halogens is 2. The Hall–Kier alpha value is -2.41. The van der Waals surface area contributed by atoms with Crippen molar-refractivity contribution in [3.63, 3.8) is 0 Å². The molecule has 0 saturated carbocycles. The number of carbonyl (C=O) groups is 2. The van der Waals surface area contributed by atoms with Gasteiger partial charge in [-0.05, 0) is 42.5 Å². The van der Waals surface area contributed by atoms with Crippen LogP contribution in [0.2, 0.25) is 0 Å². The van der Waals surface area contributed by atoms with Crippen molar-refractivity contribution >= 4 is 27.9 Å². The Morgan fingerprint density at radius 2 is 1.83 bits per heavy atom. The van der Waals surface area contributed by atoms with Crippen LogP contribution in [-0.4, -0.2) is 25.7 Å². The van der Waals surface area contributed by atoms with E-state index in [0.29, 0.717) is 10.0 Å². The molecule has 0 aliphatic rings. The molecule has 0 spiro atoms. The maximum absolute atomic E-state index is 13.5. The minimum absolute atomic E-state index is 0.0498. The fourth-order valence-corrected chi connectivity index (χ4v) is 2.00. The molecule has 2 rings (SSSR count). The van der Waals surface area contributed by atoms with Gasteiger partial charge in [0.2, 0.25) is 0 Å². The Balaban J connectivity index is 1.90. The number of ether oxygens (including phenoxy) is 3. The third-order valence-corrected chi connectivity index (χ3v) is 3.24. The zero-order chi connectivity index (χ0) is 16.8. The average molecular weight is 383 g/mol. The van der Waals surface area contributed by atoms with E-state index in [4.69, 9.17) is 9.47 Å². The molecule has 0 bridgehead atoms. The summed E-state index contributed by atoms with van der Waals surface area (Å²) in [5.74, 6) is -1.58. The van der Waals surface area contributed by atoms with Gasteiger partial charge in [-0.1, -0.05) is 15.9 Å². The first-order valence-electron chi connectivity index (χ1n) is 6.46. The van der Waals surface area contributed by atoms with Crippen LogP contribution in [0.4, 0.5) is 4.39 Å². The van der Waals surface area contributed by atoms with Crippen LogP contribution in [0.3, 0.4) is 0 Å². The van der Waals surface area contributed by atoms with Gasteiger partial charge in [0, 0.05) is 4.47 Å². The molecule has 0 radical (unpaired) electrons. The molecule has 0 aliphatic heterocycles. The molecule has 0 unspecified atom stereocenters. The van der Waals surface area contributed by atoms with Crippen molar-refractivity contribution in [1.82, 2.24) is 0 Å². The van der Waals surface area contributed by atoms with Crippen LogP contribution in [0.25, 0.3) is 0 Å². The van der Waals surface area contributed by atoms with Crippen LogP contribution < -0.4 is 9.47 Å². The molecular weight excluding hydrogens is 371 g/mol. The second-order valence-corrected chi connectivity index (χ2v) is 5.27. The molecule has 2 aromatic carbocycles. The minimum atomic E-state index is -0.696. The van der Waals surface area contributed by atoms with Crippen LogP contribution in [0.5, 0.6) is 11.5 Å². The summed E-state index contributed by atoms with van der Waals surface area (Å²) >= 11 is 3.12. The van der Waals surface area contributed by atoms with Crippen molar-refractivity contribution in [3.05, 3.63) is 58.3 Å². The van der Waals surface area contributed by atoms with Gasteiger partial charge in [-0.15, -0.1) is 0 Å². The largest absolute Gasteiger partial charge is 0.479 e. The van der Waals surface area contributed by atoms with Gasteiger partial charge in [-0.3, -0.25) is 0 Å². The molecule has 0 N–H and O–H groups in total. The molecular formula is C16H12BrFO5. The van der Waals surface area contributed by atoms with Crippen LogP contribution in [0, 0.1) is 5.82 Å². The van der Waals surface area contributed by atoms with Gasteiger partial charge in [-0.25, -0.2) is 14.0 Å². The Kier molecular flexibility index (Phi) is 5.70. The molecule has 120 valence electrons. The van der Waals surface area contributed by atoms with Gasteiger partial charge in [0.1, 0.15) is 5.75 Å². The lowest BCUT2D eigenvalue weighted by Gasteiger charge is -2.08. The number of hydrogen-bond donors (Lipinski definition) is 0. The molecule has 0 atom stereocenters. The second kappa shape index (κ2) is 7.73. The molecule has 0 heterocycles. The highest BCUT2D eigenvalue weighted by Crippen LogP contribution is 2.21. The lowest BCUT2D eigenvalue weighted by Crippen LogP contribution is -2.18. The van der Waals surface area contributed by atoms with Crippen molar-refractivity contribution in [3.8, 4) is 11.5 Å². The summed E-state index contributed by atoms with van der Waals surface area (Å²) in [7, 11) is 1.27. The van der Waals surface area contributed by atoms with Gasteiger partial charge in [0.25, 0.3) is 0 Å². The van der Waals surface area contributed by atoms with E-state index in [1.54, 1.807) is 6.07 Å². The summed E-state index contributed by atoms with van der Waals surface area (Å²) in [6.45, 7) is -0.447. The van der Waals surface area contributed by atoms with E-state index in [-0.39, 0.29) is 11.5 Å². The average Bonchev–Trinajstić information content (AvgIpc) is 2.54. The van der Waals surface area contributed by atoms with E-state index in [1.165, 1.54) is 43.5 Å². The lowest BCUT2D eigenvalue weighted by atomic mass is 10.2. The third kappa shape index (κ3) is 4.79. The molecule has 5 nitrogen and oxygen atoms in total. The first kappa shape index (κ1) is 17.0. The standard InChI is InChI=1S/C16H12BrFO5/c1-21-16(20)10-2-5-12(6-3-10)23-15(19)9-22-14-7-4-11(17)8-13(14)18/h2-8H,9H2,1H3. The van der Waals surface area contributed by atoms with Crippen LogP contribution in [0.15, 0.2) is 46.9 Å². The van der Waals surface area contributed by atoms with E-state index in [1.807, 2.05) is 0 Å². The smallest absolute Gasteiger partial charge is 0.349 e. The van der Waals surface area contributed by atoms with Crippen LogP contribution >= 0.6 is 15.9 Å². The Morgan fingerprint density at radius 3 is 2.43 bits per heavy atom. The maximum Gasteiger partial charge on any atom is 0.349 e. The lowest BCUT2D eigenvalue weighted by molar-refractivity contribution is -0.136. The highest BCUT2D eigenvalue weighted by molar-refractivity contribution is 9.10. The zero-order valence-electron chi connectivity index (χ0n) is 12.0. The molecule has 0 aliphatic carbocycles. The maximum atomic E-state index is 13.5. The number of hydrogen-bond acceptors (Lipinski definition) is 5. The molecule has 0 saturated heterocycles. The summed E-state index contributed by atoms with van der Waals surface area (Å²) in [5.41, 5.74) is 0.334. The number of esters is 2. The van der Waals surface area contributed by atoms with Gasteiger partial charge in [-0.2, -0.15) is 0 Å². The number of methoxy groups -OCH3 is 1. The van der Waals surface area contributed by atoms with E-state index in [9.17, 15) is 14.0 Å². The molecule has 2 aromatic rings. The zero-order valence-corrected chi connectivity index (χ0v) is 13.6. The van der Waals surface area contributed by atoms with Gasteiger partial charge >= 0.3 is 11.9 Å². The van der Waals surface area contributed by atoms with E-state index in [0.717, 1.165) is 0 Å². The summed E-state index contributed by atoms with van der Waals surface area (Å²) in [6, 6.07) is 10.0.